The van der Waals surface area contributed by atoms with Crippen molar-refractivity contribution in [2.75, 3.05) is 19.6 Å². The predicted octanol–water partition coefficient (Wildman–Crippen LogP) is -4.07. The maximum absolute atomic E-state index is 13.6. The molecule has 7 amide bonds. The molecule has 2 saturated heterocycles. The van der Waals surface area contributed by atoms with E-state index >= 15 is 0 Å². The van der Waals surface area contributed by atoms with E-state index in [0.29, 0.717) is 6.42 Å². The van der Waals surface area contributed by atoms with Crippen LogP contribution in [0.15, 0.2) is 0 Å². The molecular weight excluding hydrogens is 626 g/mol. The number of rotatable bonds is 8. The Morgan fingerprint density at radius 2 is 1.40 bits per heavy atom. The van der Waals surface area contributed by atoms with Gasteiger partial charge in [-0.05, 0) is 38.5 Å². The molecule has 9 N–H and O–H groups in total. The highest BCUT2D eigenvalue weighted by Crippen LogP contribution is 2.21. The first-order valence-corrected chi connectivity index (χ1v) is 15.2. The zero-order valence-electron chi connectivity index (χ0n) is 26.4. The van der Waals surface area contributed by atoms with E-state index in [2.05, 4.69) is 31.9 Å². The lowest BCUT2D eigenvalue weighted by Gasteiger charge is -2.31. The molecule has 2 aliphatic heterocycles. The standard InChI is InChI=1S/C28H43N7O12/c1-13(2)9-17-28(47)35-8-4-5-18(35)26(45)34-23(14(3)36)27(46)32-15(6-7-21(39)40)25(44)33-16(10-22(41)42)24(43)30-11-19(37)29-12-20(38)31-17/h13-18,23,36H,4-12H2,1-3H3,(H,29,37)(H,30,43)(H,31,38)(H,32,46)(H,33,44)(H,34,45)(H,39,40)(H,41,42)/t14-,15+,16+,17+,18+,23+/m1/s1. The average Bonchev–Trinajstić information content (AvgIpc) is 3.47. The Morgan fingerprint density at radius 3 is 2.00 bits per heavy atom. The van der Waals surface area contributed by atoms with E-state index in [1.54, 1.807) is 0 Å². The maximum atomic E-state index is 13.6. The number of carbonyl (C=O) groups is 9. The van der Waals surface area contributed by atoms with Crippen LogP contribution in [-0.2, 0) is 43.2 Å². The summed E-state index contributed by atoms with van der Waals surface area (Å²) in [4.78, 5) is 115. The third kappa shape index (κ3) is 12.1. The van der Waals surface area contributed by atoms with Crippen LogP contribution < -0.4 is 31.9 Å². The molecule has 19 nitrogen and oxygen atoms in total. The summed E-state index contributed by atoms with van der Waals surface area (Å²) in [6.45, 7) is 3.62. The van der Waals surface area contributed by atoms with Gasteiger partial charge in [-0.1, -0.05) is 13.8 Å². The van der Waals surface area contributed by atoms with Crippen molar-refractivity contribution in [3.63, 3.8) is 0 Å². The fraction of sp³-hybridized carbons (Fsp3) is 0.679. The minimum absolute atomic E-state index is 0.0779. The van der Waals surface area contributed by atoms with Crippen molar-refractivity contribution in [2.24, 2.45) is 5.92 Å². The quantitative estimate of drug-likeness (QED) is 0.119. The largest absolute Gasteiger partial charge is 0.481 e. The van der Waals surface area contributed by atoms with Gasteiger partial charge in [-0.3, -0.25) is 43.2 Å². The SMILES string of the molecule is CC(C)C[C@@H]1NC(=O)CNC(=O)CNC(=O)[C@H](CC(=O)O)NC(=O)[C@H](CCC(=O)O)NC(=O)[C@H]([C@@H](C)O)NC(=O)[C@@H]2CCCN2C1=O. The number of carboxylic acid groups (broad SMARTS) is 2. The molecule has 0 aliphatic carbocycles. The van der Waals surface area contributed by atoms with Gasteiger partial charge in [0.15, 0.2) is 0 Å². The second kappa shape index (κ2) is 17.8. The third-order valence-electron chi connectivity index (χ3n) is 7.40. The van der Waals surface area contributed by atoms with Crippen LogP contribution in [-0.4, -0.2) is 129 Å². The Balaban J connectivity index is 2.48. The molecule has 2 fully saturated rings. The first-order valence-electron chi connectivity index (χ1n) is 15.2. The van der Waals surface area contributed by atoms with Crippen molar-refractivity contribution in [2.45, 2.75) is 95.6 Å². The molecule has 0 radical (unpaired) electrons. The number of nitrogens with zero attached hydrogens (tertiary/aromatic N) is 1. The van der Waals surface area contributed by atoms with Gasteiger partial charge in [0.2, 0.25) is 41.4 Å². The summed E-state index contributed by atoms with van der Waals surface area (Å²) in [5.74, 6) is -9.34. The summed E-state index contributed by atoms with van der Waals surface area (Å²) in [5.41, 5.74) is 0. The normalized spacial score (nSPS) is 26.4. The van der Waals surface area contributed by atoms with Crippen LogP contribution >= 0.6 is 0 Å². The van der Waals surface area contributed by atoms with Gasteiger partial charge in [0.05, 0.1) is 25.6 Å². The van der Waals surface area contributed by atoms with Crippen LogP contribution in [0, 0.1) is 5.92 Å². The molecule has 0 aromatic heterocycles. The number of carbonyl (C=O) groups excluding carboxylic acids is 7. The van der Waals surface area contributed by atoms with Gasteiger partial charge in [0.25, 0.3) is 0 Å². The number of aliphatic carboxylic acids is 2. The van der Waals surface area contributed by atoms with E-state index in [1.807, 2.05) is 13.8 Å². The van der Waals surface area contributed by atoms with Crippen LogP contribution in [0.25, 0.3) is 0 Å². The third-order valence-corrected chi connectivity index (χ3v) is 7.40. The van der Waals surface area contributed by atoms with E-state index in [1.165, 1.54) is 11.8 Å². The van der Waals surface area contributed by atoms with E-state index in [-0.39, 0.29) is 25.3 Å². The molecule has 0 spiro atoms. The lowest BCUT2D eigenvalue weighted by molar-refractivity contribution is -0.143. The van der Waals surface area contributed by atoms with Crippen LogP contribution in [0.2, 0.25) is 0 Å². The molecule has 0 aromatic carbocycles. The Hall–Kier alpha value is -4.81. The van der Waals surface area contributed by atoms with Crippen LogP contribution in [0.5, 0.6) is 0 Å². The minimum atomic E-state index is -1.78. The van der Waals surface area contributed by atoms with Crippen LogP contribution in [0.1, 0.15) is 59.3 Å². The number of aliphatic hydroxyl groups is 1. The smallest absolute Gasteiger partial charge is 0.305 e. The molecule has 0 bridgehead atoms. The van der Waals surface area contributed by atoms with Gasteiger partial charge in [-0.2, -0.15) is 0 Å². The maximum Gasteiger partial charge on any atom is 0.305 e. The second-order valence-corrected chi connectivity index (χ2v) is 11.8. The zero-order chi connectivity index (χ0) is 35.4. The fourth-order valence-corrected chi connectivity index (χ4v) is 5.08. The molecule has 0 saturated carbocycles. The van der Waals surface area contributed by atoms with Crippen molar-refractivity contribution in [1.29, 1.82) is 0 Å². The summed E-state index contributed by atoms with van der Waals surface area (Å²) in [7, 11) is 0. The molecule has 0 aromatic rings. The lowest BCUT2D eigenvalue weighted by atomic mass is 10.0. The van der Waals surface area contributed by atoms with Crippen LogP contribution in [0.4, 0.5) is 0 Å². The molecule has 262 valence electrons. The number of nitrogens with one attached hydrogen (secondary N) is 6. The van der Waals surface area contributed by atoms with E-state index in [0.717, 1.165) is 0 Å². The topological polar surface area (TPSA) is 290 Å². The first kappa shape index (κ1) is 38.4. The summed E-state index contributed by atoms with van der Waals surface area (Å²) in [5, 5.41) is 42.5. The number of carboxylic acids is 2. The summed E-state index contributed by atoms with van der Waals surface area (Å²) in [6.07, 6.45) is -2.89. The lowest BCUT2D eigenvalue weighted by Crippen LogP contribution is -2.61. The Morgan fingerprint density at radius 1 is 0.766 bits per heavy atom. The number of hydrogen-bond donors (Lipinski definition) is 9. The second-order valence-electron chi connectivity index (χ2n) is 11.8. The summed E-state index contributed by atoms with van der Waals surface area (Å²) < 4.78 is 0. The van der Waals surface area contributed by atoms with Gasteiger partial charge >= 0.3 is 11.9 Å². The fourth-order valence-electron chi connectivity index (χ4n) is 5.08. The molecule has 6 atom stereocenters. The van der Waals surface area contributed by atoms with Crippen molar-refractivity contribution in [3.05, 3.63) is 0 Å². The number of hydrogen-bond acceptors (Lipinski definition) is 10. The molecule has 19 heteroatoms. The van der Waals surface area contributed by atoms with Crippen molar-refractivity contribution >= 4 is 53.3 Å². The predicted molar refractivity (Wildman–Crippen MR) is 159 cm³/mol. The molecule has 2 heterocycles. The van der Waals surface area contributed by atoms with Crippen molar-refractivity contribution in [3.8, 4) is 0 Å². The van der Waals surface area contributed by atoms with E-state index in [4.69, 9.17) is 5.11 Å². The Bertz CT molecular complexity index is 1240. The first-order chi connectivity index (χ1) is 22.0. The zero-order valence-corrected chi connectivity index (χ0v) is 26.4. The van der Waals surface area contributed by atoms with Crippen molar-refractivity contribution < 1.29 is 58.5 Å². The minimum Gasteiger partial charge on any atom is -0.481 e. The molecular formula is C28H43N7O12. The highest BCUT2D eigenvalue weighted by molar-refractivity contribution is 5.98. The van der Waals surface area contributed by atoms with E-state index < -0.39 is 122 Å². The van der Waals surface area contributed by atoms with Gasteiger partial charge in [-0.25, -0.2) is 0 Å². The average molecular weight is 670 g/mol. The van der Waals surface area contributed by atoms with Gasteiger partial charge < -0.3 is 52.1 Å². The monoisotopic (exact) mass is 669 g/mol. The molecule has 2 aliphatic rings. The Kier molecular flexibility index (Phi) is 14.5. The molecule has 2 rings (SSSR count). The number of fused-ring (bicyclic) bond motifs is 1. The highest BCUT2D eigenvalue weighted by atomic mass is 16.4. The number of aliphatic hydroxyl groups excluding tert-OH is 1. The van der Waals surface area contributed by atoms with E-state index in [9.17, 15) is 53.4 Å². The Labute approximate surface area is 269 Å². The summed E-state index contributed by atoms with van der Waals surface area (Å²) in [6, 6.07) is -7.30. The van der Waals surface area contributed by atoms with Crippen molar-refractivity contribution in [1.82, 2.24) is 36.8 Å². The highest BCUT2D eigenvalue weighted by Gasteiger charge is 2.40. The molecule has 47 heavy (non-hydrogen) atoms. The number of amides is 7. The van der Waals surface area contributed by atoms with Gasteiger partial charge in [0.1, 0.15) is 30.2 Å². The van der Waals surface area contributed by atoms with Crippen LogP contribution in [0.3, 0.4) is 0 Å². The summed E-state index contributed by atoms with van der Waals surface area (Å²) >= 11 is 0. The molecule has 0 unspecified atom stereocenters. The van der Waals surface area contributed by atoms with Gasteiger partial charge in [0, 0.05) is 13.0 Å². The van der Waals surface area contributed by atoms with Gasteiger partial charge in [-0.15, -0.1) is 0 Å².